The van der Waals surface area contributed by atoms with E-state index in [0.717, 1.165) is 12.1 Å². The van der Waals surface area contributed by atoms with Gasteiger partial charge in [-0.25, -0.2) is 4.79 Å². The van der Waals surface area contributed by atoms with Gasteiger partial charge in [-0.05, 0) is 30.3 Å². The number of amides is 2. The minimum absolute atomic E-state index is 0.0213. The van der Waals surface area contributed by atoms with Crippen molar-refractivity contribution in [3.8, 4) is 5.75 Å². The summed E-state index contributed by atoms with van der Waals surface area (Å²) >= 11 is 0. The molecular weight excluding hydrogens is 299 g/mol. The molecule has 2 aromatic carbocycles. The summed E-state index contributed by atoms with van der Waals surface area (Å²) < 4.78 is 37.7. The molecule has 0 radical (unpaired) electrons. The monoisotopic (exact) mass is 311 g/mol. The Bertz CT molecular complexity index is 682. The Balaban J connectivity index is 2.13. The average molecular weight is 311 g/mol. The van der Waals surface area contributed by atoms with Crippen molar-refractivity contribution in [3.05, 3.63) is 48.0 Å². The number of aromatic hydroxyl groups is 1. The van der Waals surface area contributed by atoms with Crippen LogP contribution in [0.4, 0.5) is 35.0 Å². The lowest BCUT2D eigenvalue weighted by Crippen LogP contribution is -2.20. The minimum Gasteiger partial charge on any atom is -0.506 e. The normalized spacial score (nSPS) is 11.0. The molecule has 0 saturated heterocycles. The standard InChI is InChI=1S/C14H12F3N3O2/c15-14(16,17)8-3-1-4-9(7-8)19-13(22)20-12-10(18)5-2-6-11(12)21/h1-7,21H,18H2,(H2,19,20,22). The molecule has 5 nitrogen and oxygen atoms in total. The van der Waals surface area contributed by atoms with Gasteiger partial charge >= 0.3 is 12.2 Å². The van der Waals surface area contributed by atoms with Crippen LogP contribution in [0.2, 0.25) is 0 Å². The molecule has 0 unspecified atom stereocenters. The molecule has 0 aliphatic heterocycles. The van der Waals surface area contributed by atoms with E-state index in [9.17, 15) is 23.1 Å². The van der Waals surface area contributed by atoms with Crippen molar-refractivity contribution in [2.75, 3.05) is 16.4 Å². The fraction of sp³-hybridized carbons (Fsp3) is 0.0714. The van der Waals surface area contributed by atoms with Crippen LogP contribution in [-0.4, -0.2) is 11.1 Å². The number of anilines is 3. The second-order valence-electron chi connectivity index (χ2n) is 4.40. The van der Waals surface area contributed by atoms with Crippen LogP contribution in [0.5, 0.6) is 5.75 Å². The fourth-order valence-electron chi connectivity index (χ4n) is 1.74. The van der Waals surface area contributed by atoms with Gasteiger partial charge in [-0.15, -0.1) is 0 Å². The number of alkyl halides is 3. The summed E-state index contributed by atoms with van der Waals surface area (Å²) in [5.74, 6) is -0.251. The van der Waals surface area contributed by atoms with Crippen molar-refractivity contribution >= 4 is 23.1 Å². The van der Waals surface area contributed by atoms with Gasteiger partial charge in [-0.3, -0.25) is 0 Å². The zero-order valence-electron chi connectivity index (χ0n) is 11.1. The highest BCUT2D eigenvalue weighted by molar-refractivity contribution is 6.02. The number of urea groups is 1. The Hall–Kier alpha value is -2.90. The van der Waals surface area contributed by atoms with E-state index in [1.807, 2.05) is 0 Å². The third-order valence-corrected chi connectivity index (χ3v) is 2.76. The molecule has 0 saturated carbocycles. The molecule has 0 bridgehead atoms. The summed E-state index contributed by atoms with van der Waals surface area (Å²) in [6.07, 6.45) is -4.50. The quantitative estimate of drug-likeness (QED) is 0.504. The molecule has 8 heteroatoms. The first-order valence-electron chi connectivity index (χ1n) is 6.10. The van der Waals surface area contributed by atoms with Gasteiger partial charge in [0.1, 0.15) is 11.4 Å². The maximum absolute atomic E-state index is 12.6. The van der Waals surface area contributed by atoms with Crippen molar-refractivity contribution in [2.45, 2.75) is 6.18 Å². The molecular formula is C14H12F3N3O2. The molecule has 0 aromatic heterocycles. The molecule has 0 atom stereocenters. The number of phenolic OH excluding ortho intramolecular Hbond substituents is 1. The first-order chi connectivity index (χ1) is 10.3. The van der Waals surface area contributed by atoms with Crippen molar-refractivity contribution in [3.63, 3.8) is 0 Å². The third kappa shape index (κ3) is 3.60. The highest BCUT2D eigenvalue weighted by atomic mass is 19.4. The molecule has 116 valence electrons. The predicted molar refractivity (Wildman–Crippen MR) is 76.6 cm³/mol. The number of rotatable bonds is 2. The van der Waals surface area contributed by atoms with E-state index in [1.54, 1.807) is 0 Å². The first-order valence-corrected chi connectivity index (χ1v) is 6.10. The van der Waals surface area contributed by atoms with Crippen LogP contribution in [-0.2, 0) is 6.18 Å². The molecule has 0 spiro atoms. The zero-order valence-corrected chi connectivity index (χ0v) is 11.1. The molecule has 5 N–H and O–H groups in total. The van der Waals surface area contributed by atoms with Crippen molar-refractivity contribution < 1.29 is 23.1 Å². The van der Waals surface area contributed by atoms with E-state index in [0.29, 0.717) is 0 Å². The first kappa shape index (κ1) is 15.5. The zero-order chi connectivity index (χ0) is 16.3. The molecule has 2 aromatic rings. The number of para-hydroxylation sites is 1. The van der Waals surface area contributed by atoms with Crippen LogP contribution in [0, 0.1) is 0 Å². The van der Waals surface area contributed by atoms with E-state index < -0.39 is 17.8 Å². The summed E-state index contributed by atoms with van der Waals surface area (Å²) in [5, 5.41) is 14.1. The number of nitrogens with two attached hydrogens (primary N) is 1. The van der Waals surface area contributed by atoms with Crippen LogP contribution in [0.25, 0.3) is 0 Å². The number of carbonyl (C=O) groups excluding carboxylic acids is 1. The van der Waals surface area contributed by atoms with Crippen LogP contribution in [0.1, 0.15) is 5.56 Å². The Morgan fingerprint density at radius 3 is 2.41 bits per heavy atom. The number of phenols is 1. The van der Waals surface area contributed by atoms with E-state index in [2.05, 4.69) is 10.6 Å². The molecule has 2 rings (SSSR count). The highest BCUT2D eigenvalue weighted by Gasteiger charge is 2.30. The van der Waals surface area contributed by atoms with E-state index in [1.165, 1.54) is 30.3 Å². The second-order valence-corrected chi connectivity index (χ2v) is 4.40. The van der Waals surface area contributed by atoms with Gasteiger partial charge in [0.05, 0.1) is 11.3 Å². The Morgan fingerprint density at radius 2 is 1.77 bits per heavy atom. The van der Waals surface area contributed by atoms with Crippen LogP contribution in [0.3, 0.4) is 0 Å². The Labute approximate surface area is 123 Å². The summed E-state index contributed by atoms with van der Waals surface area (Å²) in [5.41, 5.74) is 4.77. The van der Waals surface area contributed by atoms with Crippen LogP contribution in [0.15, 0.2) is 42.5 Å². The molecule has 0 fully saturated rings. The number of benzene rings is 2. The maximum Gasteiger partial charge on any atom is 0.416 e. The van der Waals surface area contributed by atoms with Crippen molar-refractivity contribution in [1.29, 1.82) is 0 Å². The molecule has 22 heavy (non-hydrogen) atoms. The average Bonchev–Trinajstić information content (AvgIpc) is 2.42. The van der Waals surface area contributed by atoms with E-state index in [-0.39, 0.29) is 22.8 Å². The number of hydrogen-bond donors (Lipinski definition) is 4. The third-order valence-electron chi connectivity index (χ3n) is 2.76. The highest BCUT2D eigenvalue weighted by Crippen LogP contribution is 2.31. The molecule has 0 aliphatic carbocycles. The number of nitrogen functional groups attached to an aromatic ring is 1. The summed E-state index contributed by atoms with van der Waals surface area (Å²) in [7, 11) is 0. The summed E-state index contributed by atoms with van der Waals surface area (Å²) in [6.45, 7) is 0. The van der Waals surface area contributed by atoms with Crippen LogP contribution >= 0.6 is 0 Å². The minimum atomic E-state index is -4.50. The number of hydrogen-bond acceptors (Lipinski definition) is 3. The lowest BCUT2D eigenvalue weighted by Gasteiger charge is -2.12. The van der Waals surface area contributed by atoms with Gasteiger partial charge in [-0.2, -0.15) is 13.2 Å². The largest absolute Gasteiger partial charge is 0.506 e. The van der Waals surface area contributed by atoms with Gasteiger partial charge in [0, 0.05) is 5.69 Å². The summed E-state index contributed by atoms with van der Waals surface area (Å²) in [6, 6.07) is 7.61. The fourth-order valence-corrected chi connectivity index (χ4v) is 1.74. The molecule has 0 heterocycles. The lowest BCUT2D eigenvalue weighted by molar-refractivity contribution is -0.137. The van der Waals surface area contributed by atoms with Gasteiger partial charge in [0.15, 0.2) is 0 Å². The van der Waals surface area contributed by atoms with E-state index in [4.69, 9.17) is 5.73 Å². The number of nitrogens with one attached hydrogen (secondary N) is 2. The van der Waals surface area contributed by atoms with Crippen molar-refractivity contribution in [1.82, 2.24) is 0 Å². The predicted octanol–water partition coefficient (Wildman–Crippen LogP) is 3.64. The number of carbonyl (C=O) groups is 1. The van der Waals surface area contributed by atoms with Gasteiger partial charge in [0.25, 0.3) is 0 Å². The topological polar surface area (TPSA) is 87.4 Å². The second kappa shape index (κ2) is 5.84. The number of halogens is 3. The smallest absolute Gasteiger partial charge is 0.416 e. The van der Waals surface area contributed by atoms with Crippen molar-refractivity contribution in [2.24, 2.45) is 0 Å². The molecule has 2 amide bonds. The van der Waals surface area contributed by atoms with Gasteiger partial charge in [0.2, 0.25) is 0 Å². The Kier molecular flexibility index (Phi) is 4.11. The summed E-state index contributed by atoms with van der Waals surface area (Å²) in [4.78, 5) is 11.8. The Morgan fingerprint density at radius 1 is 1.09 bits per heavy atom. The van der Waals surface area contributed by atoms with Gasteiger partial charge < -0.3 is 21.5 Å². The van der Waals surface area contributed by atoms with E-state index >= 15 is 0 Å². The van der Waals surface area contributed by atoms with Gasteiger partial charge in [-0.1, -0.05) is 12.1 Å². The van der Waals surface area contributed by atoms with Crippen LogP contribution < -0.4 is 16.4 Å². The SMILES string of the molecule is Nc1cccc(O)c1NC(=O)Nc1cccc(C(F)(F)F)c1. The maximum atomic E-state index is 12.6. The lowest BCUT2D eigenvalue weighted by atomic mass is 10.2. The molecule has 0 aliphatic rings.